The number of carbonyl (C=O) groups excluding carboxylic acids is 1. The van der Waals surface area contributed by atoms with E-state index in [4.69, 9.17) is 5.11 Å². The maximum absolute atomic E-state index is 12.4. The summed E-state index contributed by atoms with van der Waals surface area (Å²) in [7, 11) is 0. The number of aliphatic hydroxyl groups excluding tert-OH is 2. The van der Waals surface area contributed by atoms with Gasteiger partial charge in [-0.3, -0.25) is 4.79 Å². The Bertz CT molecular complexity index is 393. The minimum atomic E-state index is -0.875. The van der Waals surface area contributed by atoms with E-state index in [1.807, 2.05) is 6.92 Å². The molecular formula is C14H24N2O5. The molecule has 2 saturated heterocycles. The Morgan fingerprint density at radius 2 is 1.76 bits per heavy atom. The Kier molecular flexibility index (Phi) is 5.05. The van der Waals surface area contributed by atoms with E-state index in [-0.39, 0.29) is 37.4 Å². The third-order valence-corrected chi connectivity index (χ3v) is 4.56. The Labute approximate surface area is 124 Å². The molecule has 2 amide bonds. The molecule has 4 unspecified atom stereocenters. The van der Waals surface area contributed by atoms with E-state index in [2.05, 4.69) is 0 Å². The van der Waals surface area contributed by atoms with Crippen molar-refractivity contribution in [2.75, 3.05) is 26.2 Å². The third-order valence-electron chi connectivity index (χ3n) is 4.56. The Balaban J connectivity index is 1.91. The van der Waals surface area contributed by atoms with Crippen molar-refractivity contribution in [3.63, 3.8) is 0 Å². The number of carboxylic acid groups (broad SMARTS) is 1. The third kappa shape index (κ3) is 3.85. The molecule has 7 heteroatoms. The van der Waals surface area contributed by atoms with Crippen LogP contribution >= 0.6 is 0 Å². The van der Waals surface area contributed by atoms with Gasteiger partial charge in [0.05, 0.1) is 25.3 Å². The molecule has 2 aliphatic heterocycles. The summed E-state index contributed by atoms with van der Waals surface area (Å²) in [6.45, 7) is 3.43. The number of piperidine rings is 1. The summed E-state index contributed by atoms with van der Waals surface area (Å²) < 4.78 is 0. The van der Waals surface area contributed by atoms with Gasteiger partial charge in [0.1, 0.15) is 0 Å². The normalized spacial score (nSPS) is 31.3. The fraction of sp³-hybridized carbons (Fsp3) is 0.857. The maximum Gasteiger partial charge on any atom is 0.320 e. The molecule has 0 aromatic heterocycles. The zero-order chi connectivity index (χ0) is 15.6. The van der Waals surface area contributed by atoms with Crippen molar-refractivity contribution >= 4 is 12.0 Å². The van der Waals surface area contributed by atoms with Gasteiger partial charge in [-0.05, 0) is 24.7 Å². The number of carbonyl (C=O) groups is 2. The highest BCUT2D eigenvalue weighted by Crippen LogP contribution is 2.27. The van der Waals surface area contributed by atoms with Crippen molar-refractivity contribution in [3.05, 3.63) is 0 Å². The standard InChI is InChI=1S/C14H24N2O5/c1-9(5-13(19)20)10-3-2-4-15(6-10)14(21)16-7-11(17)12(18)8-16/h9-12,17-18H,2-8H2,1H3,(H,19,20). The van der Waals surface area contributed by atoms with Crippen molar-refractivity contribution in [3.8, 4) is 0 Å². The first kappa shape index (κ1) is 16.0. The van der Waals surface area contributed by atoms with Crippen LogP contribution in [0.5, 0.6) is 0 Å². The highest BCUT2D eigenvalue weighted by atomic mass is 16.4. The number of aliphatic hydroxyl groups is 2. The predicted octanol–water partition coefficient (Wildman–Crippen LogP) is -0.0334. The van der Waals surface area contributed by atoms with E-state index in [9.17, 15) is 19.8 Å². The lowest BCUT2D eigenvalue weighted by molar-refractivity contribution is -0.138. The number of hydrogen-bond donors (Lipinski definition) is 3. The Morgan fingerprint density at radius 1 is 1.14 bits per heavy atom. The Hall–Kier alpha value is -1.34. The summed E-state index contributed by atoms with van der Waals surface area (Å²) in [4.78, 5) is 26.4. The molecule has 4 atom stereocenters. The lowest BCUT2D eigenvalue weighted by Gasteiger charge is -2.37. The number of amides is 2. The SMILES string of the molecule is CC(CC(=O)O)C1CCCN(C(=O)N2CC(O)C(O)C2)C1. The van der Waals surface area contributed by atoms with E-state index in [0.29, 0.717) is 13.1 Å². The van der Waals surface area contributed by atoms with Crippen LogP contribution in [0.1, 0.15) is 26.2 Å². The molecule has 0 bridgehead atoms. The predicted molar refractivity (Wildman–Crippen MR) is 74.7 cm³/mol. The largest absolute Gasteiger partial charge is 0.481 e. The summed E-state index contributed by atoms with van der Waals surface area (Å²) in [6.07, 6.45) is 0.164. The van der Waals surface area contributed by atoms with Gasteiger partial charge in [0.25, 0.3) is 0 Å². The van der Waals surface area contributed by atoms with Crippen molar-refractivity contribution in [2.24, 2.45) is 11.8 Å². The van der Waals surface area contributed by atoms with Crippen molar-refractivity contribution in [2.45, 2.75) is 38.4 Å². The second-order valence-corrected chi connectivity index (χ2v) is 6.25. The number of carboxylic acids is 1. The minimum absolute atomic E-state index is 0.0351. The highest BCUT2D eigenvalue weighted by Gasteiger charge is 2.36. The maximum atomic E-state index is 12.4. The molecule has 0 aromatic carbocycles. The number of likely N-dealkylation sites (tertiary alicyclic amines) is 2. The Morgan fingerprint density at radius 3 is 2.33 bits per heavy atom. The van der Waals surface area contributed by atoms with Gasteiger partial charge >= 0.3 is 12.0 Å². The molecule has 2 heterocycles. The number of nitrogens with zero attached hydrogens (tertiary/aromatic N) is 2. The van der Waals surface area contributed by atoms with Crippen LogP contribution in [0.3, 0.4) is 0 Å². The topological polar surface area (TPSA) is 101 Å². The summed E-state index contributed by atoms with van der Waals surface area (Å²) >= 11 is 0. The van der Waals surface area contributed by atoms with Crippen LogP contribution in [0.25, 0.3) is 0 Å². The zero-order valence-corrected chi connectivity index (χ0v) is 12.3. The van der Waals surface area contributed by atoms with Gasteiger partial charge in [-0.15, -0.1) is 0 Å². The monoisotopic (exact) mass is 300 g/mol. The minimum Gasteiger partial charge on any atom is -0.481 e. The molecule has 2 fully saturated rings. The molecule has 0 aliphatic carbocycles. The first-order valence-electron chi connectivity index (χ1n) is 7.50. The smallest absolute Gasteiger partial charge is 0.320 e. The molecule has 0 radical (unpaired) electrons. The van der Waals surface area contributed by atoms with Crippen LogP contribution in [-0.2, 0) is 4.79 Å². The number of rotatable bonds is 3. The lowest BCUT2D eigenvalue weighted by Crippen LogP contribution is -2.48. The van der Waals surface area contributed by atoms with Gasteiger partial charge in [-0.25, -0.2) is 4.79 Å². The summed E-state index contributed by atoms with van der Waals surface area (Å²) in [6, 6.07) is -0.169. The van der Waals surface area contributed by atoms with Gasteiger partial charge in [0.15, 0.2) is 0 Å². The first-order chi connectivity index (χ1) is 9.88. The molecule has 0 aromatic rings. The molecule has 7 nitrogen and oxygen atoms in total. The van der Waals surface area contributed by atoms with E-state index < -0.39 is 18.2 Å². The van der Waals surface area contributed by atoms with Crippen molar-refractivity contribution < 1.29 is 24.9 Å². The molecule has 0 saturated carbocycles. The molecule has 3 N–H and O–H groups in total. The second kappa shape index (κ2) is 6.62. The van der Waals surface area contributed by atoms with Gasteiger partial charge in [-0.2, -0.15) is 0 Å². The van der Waals surface area contributed by atoms with Crippen LogP contribution in [-0.4, -0.2) is 75.5 Å². The van der Waals surface area contributed by atoms with Crippen molar-refractivity contribution in [1.82, 2.24) is 9.80 Å². The van der Waals surface area contributed by atoms with Crippen LogP contribution in [0, 0.1) is 11.8 Å². The average Bonchev–Trinajstić information content (AvgIpc) is 2.77. The van der Waals surface area contributed by atoms with Crippen LogP contribution in [0.2, 0.25) is 0 Å². The van der Waals surface area contributed by atoms with Crippen molar-refractivity contribution in [1.29, 1.82) is 0 Å². The quantitative estimate of drug-likeness (QED) is 0.679. The van der Waals surface area contributed by atoms with Gasteiger partial charge < -0.3 is 25.1 Å². The van der Waals surface area contributed by atoms with E-state index >= 15 is 0 Å². The molecular weight excluding hydrogens is 276 g/mol. The van der Waals surface area contributed by atoms with Gasteiger partial charge in [-0.1, -0.05) is 6.92 Å². The molecule has 120 valence electrons. The summed E-state index contributed by atoms with van der Waals surface area (Å²) in [5, 5.41) is 27.9. The average molecular weight is 300 g/mol. The molecule has 0 spiro atoms. The molecule has 2 rings (SSSR count). The number of β-amino-alcohol motifs (C(OH)–C–C–N with tert-alkyl or cyclic N) is 2. The van der Waals surface area contributed by atoms with Gasteiger partial charge in [0, 0.05) is 19.5 Å². The van der Waals surface area contributed by atoms with Crippen LogP contribution in [0.4, 0.5) is 4.79 Å². The van der Waals surface area contributed by atoms with Crippen LogP contribution in [0.15, 0.2) is 0 Å². The zero-order valence-electron chi connectivity index (χ0n) is 12.3. The molecule has 2 aliphatic rings. The van der Waals surface area contributed by atoms with E-state index in [1.165, 1.54) is 4.90 Å². The fourth-order valence-electron chi connectivity index (χ4n) is 3.22. The lowest BCUT2D eigenvalue weighted by atomic mass is 9.85. The number of aliphatic carboxylic acids is 1. The van der Waals surface area contributed by atoms with E-state index in [0.717, 1.165) is 12.8 Å². The molecule has 21 heavy (non-hydrogen) atoms. The van der Waals surface area contributed by atoms with E-state index in [1.54, 1.807) is 4.90 Å². The van der Waals surface area contributed by atoms with Crippen LogP contribution < -0.4 is 0 Å². The number of hydrogen-bond acceptors (Lipinski definition) is 4. The summed E-state index contributed by atoms with van der Waals surface area (Å²) in [5.74, 6) is -0.583. The fourth-order valence-corrected chi connectivity index (χ4v) is 3.22. The second-order valence-electron chi connectivity index (χ2n) is 6.25. The number of urea groups is 1. The summed E-state index contributed by atoms with van der Waals surface area (Å²) in [5.41, 5.74) is 0. The highest BCUT2D eigenvalue weighted by molar-refractivity contribution is 5.75. The van der Waals surface area contributed by atoms with Gasteiger partial charge in [0.2, 0.25) is 0 Å². The first-order valence-corrected chi connectivity index (χ1v) is 7.50.